The van der Waals surface area contributed by atoms with Crippen molar-refractivity contribution in [2.75, 3.05) is 5.43 Å². The van der Waals surface area contributed by atoms with Crippen molar-refractivity contribution in [3.05, 3.63) is 64.8 Å². The number of fused-ring (bicyclic) bond motifs is 1. The lowest BCUT2D eigenvalue weighted by Crippen LogP contribution is -1.89. The number of rotatable bonds is 3. The number of hydrogen-bond donors (Lipinski definition) is 2. The molecule has 0 unspecified atom stereocenters. The predicted molar refractivity (Wildman–Crippen MR) is 83.7 cm³/mol. The molecule has 0 saturated heterocycles. The Hall–Kier alpha value is -2.07. The van der Waals surface area contributed by atoms with E-state index in [0.29, 0.717) is 0 Å². The van der Waals surface area contributed by atoms with Crippen molar-refractivity contribution in [1.82, 2.24) is 4.98 Å². The van der Waals surface area contributed by atoms with Crippen molar-refractivity contribution in [2.45, 2.75) is 0 Å². The molecule has 0 aliphatic carbocycles. The smallest absolute Gasteiger partial charge is 0.0566 e. The highest BCUT2D eigenvalue weighted by Crippen LogP contribution is 2.16. The highest BCUT2D eigenvalue weighted by Gasteiger charge is 1.99. The lowest BCUT2D eigenvalue weighted by atomic mass is 10.2. The van der Waals surface area contributed by atoms with Crippen LogP contribution in [-0.2, 0) is 0 Å². The van der Waals surface area contributed by atoms with Gasteiger partial charge in [-0.2, -0.15) is 5.10 Å². The number of aromatic amines is 1. The molecule has 2 aromatic carbocycles. The number of aromatic nitrogens is 1. The molecular formula is C15H12BrN3. The van der Waals surface area contributed by atoms with Gasteiger partial charge in [-0.15, -0.1) is 0 Å². The van der Waals surface area contributed by atoms with Gasteiger partial charge in [0.25, 0.3) is 0 Å². The molecule has 0 atom stereocenters. The topological polar surface area (TPSA) is 40.2 Å². The molecule has 94 valence electrons. The Morgan fingerprint density at radius 3 is 2.68 bits per heavy atom. The van der Waals surface area contributed by atoms with Crippen molar-refractivity contribution in [2.24, 2.45) is 5.10 Å². The van der Waals surface area contributed by atoms with E-state index in [0.717, 1.165) is 21.2 Å². The molecule has 0 aliphatic heterocycles. The normalized spacial score (nSPS) is 11.2. The summed E-state index contributed by atoms with van der Waals surface area (Å²) in [5.41, 5.74) is 6.16. The summed E-state index contributed by atoms with van der Waals surface area (Å²) in [5.74, 6) is 0. The summed E-state index contributed by atoms with van der Waals surface area (Å²) < 4.78 is 1.05. The van der Waals surface area contributed by atoms with Gasteiger partial charge >= 0.3 is 0 Å². The van der Waals surface area contributed by atoms with Crippen LogP contribution in [0.2, 0.25) is 0 Å². The molecule has 3 aromatic rings. The van der Waals surface area contributed by atoms with Crippen LogP contribution in [0.25, 0.3) is 10.9 Å². The van der Waals surface area contributed by atoms with Crippen LogP contribution in [0.1, 0.15) is 5.56 Å². The van der Waals surface area contributed by atoms with Gasteiger partial charge in [-0.3, -0.25) is 5.43 Å². The van der Waals surface area contributed by atoms with Crippen molar-refractivity contribution in [3.63, 3.8) is 0 Å². The number of nitrogens with zero attached hydrogens (tertiary/aromatic N) is 1. The predicted octanol–water partition coefficient (Wildman–Crippen LogP) is 4.38. The molecule has 0 spiro atoms. The van der Waals surface area contributed by atoms with Gasteiger partial charge in [0.05, 0.1) is 11.9 Å². The summed E-state index contributed by atoms with van der Waals surface area (Å²) >= 11 is 3.40. The van der Waals surface area contributed by atoms with Crippen LogP contribution in [0.4, 0.5) is 5.69 Å². The summed E-state index contributed by atoms with van der Waals surface area (Å²) in [7, 11) is 0. The zero-order valence-electron chi connectivity index (χ0n) is 10.1. The molecule has 4 heteroatoms. The van der Waals surface area contributed by atoms with Crippen LogP contribution in [0.5, 0.6) is 0 Å². The van der Waals surface area contributed by atoms with E-state index < -0.39 is 0 Å². The van der Waals surface area contributed by atoms with Crippen LogP contribution in [0.15, 0.2) is 64.3 Å². The Labute approximate surface area is 119 Å². The Kier molecular flexibility index (Phi) is 3.33. The molecule has 2 N–H and O–H groups in total. The fourth-order valence-electron chi connectivity index (χ4n) is 1.90. The molecule has 3 rings (SSSR count). The molecule has 0 bridgehead atoms. The number of hydrogen-bond acceptors (Lipinski definition) is 2. The minimum atomic E-state index is 0.958. The van der Waals surface area contributed by atoms with E-state index in [2.05, 4.69) is 43.6 Å². The van der Waals surface area contributed by atoms with Crippen molar-refractivity contribution in [1.29, 1.82) is 0 Å². The Morgan fingerprint density at radius 1 is 1.05 bits per heavy atom. The van der Waals surface area contributed by atoms with Crippen LogP contribution < -0.4 is 5.43 Å². The summed E-state index contributed by atoms with van der Waals surface area (Å²) in [4.78, 5) is 3.22. The molecule has 0 saturated carbocycles. The molecule has 19 heavy (non-hydrogen) atoms. The molecule has 1 heterocycles. The first-order valence-corrected chi connectivity index (χ1v) is 6.73. The molecular weight excluding hydrogens is 302 g/mol. The summed E-state index contributed by atoms with van der Waals surface area (Å²) in [6.07, 6.45) is 3.78. The largest absolute Gasteiger partial charge is 0.361 e. The maximum Gasteiger partial charge on any atom is 0.0566 e. The Balaban J connectivity index is 1.77. The Morgan fingerprint density at radius 2 is 1.84 bits per heavy atom. The second kappa shape index (κ2) is 5.28. The Bertz CT molecular complexity index is 714. The van der Waals surface area contributed by atoms with Crippen LogP contribution in [0, 0.1) is 0 Å². The third-order valence-electron chi connectivity index (χ3n) is 2.86. The second-order valence-corrected chi connectivity index (χ2v) is 5.08. The number of hydrazone groups is 1. The molecule has 0 fully saturated rings. The first-order valence-electron chi connectivity index (χ1n) is 5.94. The fraction of sp³-hybridized carbons (Fsp3) is 0. The third kappa shape index (κ3) is 2.69. The van der Waals surface area contributed by atoms with Gasteiger partial charge in [0.1, 0.15) is 0 Å². The zero-order chi connectivity index (χ0) is 13.1. The molecule has 0 radical (unpaired) electrons. The van der Waals surface area contributed by atoms with Crippen molar-refractivity contribution < 1.29 is 0 Å². The van der Waals surface area contributed by atoms with E-state index in [4.69, 9.17) is 0 Å². The van der Waals surface area contributed by atoms with E-state index in [-0.39, 0.29) is 0 Å². The average Bonchev–Trinajstić information content (AvgIpc) is 2.85. The first kappa shape index (κ1) is 12.0. The number of nitrogens with one attached hydrogen (secondary N) is 2. The number of anilines is 1. The van der Waals surface area contributed by atoms with Gasteiger partial charge in [0.2, 0.25) is 0 Å². The van der Waals surface area contributed by atoms with E-state index in [1.807, 2.05) is 48.8 Å². The van der Waals surface area contributed by atoms with Gasteiger partial charge in [0.15, 0.2) is 0 Å². The molecule has 3 nitrogen and oxygen atoms in total. The van der Waals surface area contributed by atoms with E-state index in [1.165, 1.54) is 5.39 Å². The maximum absolute atomic E-state index is 4.25. The van der Waals surface area contributed by atoms with E-state index in [1.54, 1.807) is 0 Å². The van der Waals surface area contributed by atoms with Crippen LogP contribution in [0.3, 0.4) is 0 Å². The number of benzene rings is 2. The monoisotopic (exact) mass is 313 g/mol. The number of halogens is 1. The van der Waals surface area contributed by atoms with Gasteiger partial charge in [-0.25, -0.2) is 0 Å². The van der Waals surface area contributed by atoms with E-state index >= 15 is 0 Å². The van der Waals surface area contributed by atoms with Crippen molar-refractivity contribution in [3.8, 4) is 0 Å². The van der Waals surface area contributed by atoms with Gasteiger partial charge in [0, 0.05) is 27.1 Å². The summed E-state index contributed by atoms with van der Waals surface area (Å²) in [6, 6.07) is 16.1. The quantitative estimate of drug-likeness (QED) is 0.547. The van der Waals surface area contributed by atoms with Gasteiger partial charge in [-0.1, -0.05) is 34.1 Å². The first-order chi connectivity index (χ1) is 9.33. The lowest BCUT2D eigenvalue weighted by molar-refractivity contribution is 1.35. The molecule has 1 aromatic heterocycles. The lowest BCUT2D eigenvalue weighted by Gasteiger charge is -1.99. The SMILES string of the molecule is Brc1ccc(NN=Cc2c[nH]c3ccccc23)cc1. The number of H-pyrrole nitrogens is 1. The number of para-hydroxylation sites is 1. The van der Waals surface area contributed by atoms with Crippen LogP contribution >= 0.6 is 15.9 Å². The standard InChI is InChI=1S/C15H12BrN3/c16-12-5-7-13(8-6-12)19-18-10-11-9-17-15-4-2-1-3-14(11)15/h1-10,17,19H. The van der Waals surface area contributed by atoms with Gasteiger partial charge in [-0.05, 0) is 30.3 Å². The fourth-order valence-corrected chi connectivity index (χ4v) is 2.17. The molecule has 0 aliphatic rings. The minimum Gasteiger partial charge on any atom is -0.361 e. The van der Waals surface area contributed by atoms with Crippen molar-refractivity contribution >= 4 is 38.7 Å². The maximum atomic E-state index is 4.25. The molecule has 0 amide bonds. The summed E-state index contributed by atoms with van der Waals surface area (Å²) in [6.45, 7) is 0. The third-order valence-corrected chi connectivity index (χ3v) is 3.39. The highest BCUT2D eigenvalue weighted by molar-refractivity contribution is 9.10. The van der Waals surface area contributed by atoms with E-state index in [9.17, 15) is 0 Å². The highest BCUT2D eigenvalue weighted by atomic mass is 79.9. The second-order valence-electron chi connectivity index (χ2n) is 4.17. The van der Waals surface area contributed by atoms with Gasteiger partial charge < -0.3 is 4.98 Å². The zero-order valence-corrected chi connectivity index (χ0v) is 11.7. The van der Waals surface area contributed by atoms with Crippen LogP contribution in [-0.4, -0.2) is 11.2 Å². The minimum absolute atomic E-state index is 0.958. The average molecular weight is 314 g/mol. The summed E-state index contributed by atoms with van der Waals surface area (Å²) in [5, 5.41) is 5.42.